The summed E-state index contributed by atoms with van der Waals surface area (Å²) in [6.07, 6.45) is -13.4. The maximum absolute atomic E-state index is 11.5. The molecule has 2 fully saturated rings. The number of rotatable bonds is 7. The lowest BCUT2D eigenvalue weighted by molar-refractivity contribution is -0.336. The average Bonchev–Trinajstić information content (AvgIpc) is 2.77. The normalized spacial score (nSPS) is 45.3. The number of aldehydes is 1. The Morgan fingerprint density at radius 2 is 1.47 bits per heavy atom. The number of aliphatic hydroxyl groups is 7. The first-order valence-electron chi connectivity index (χ1n) is 11.3. The quantitative estimate of drug-likeness (QED) is 0.182. The van der Waals surface area contributed by atoms with Crippen molar-refractivity contribution in [1.29, 1.82) is 0 Å². The van der Waals surface area contributed by atoms with Crippen molar-refractivity contribution < 1.29 is 59.5 Å². The molecule has 0 amide bonds. The van der Waals surface area contributed by atoms with Crippen LogP contribution in [0.15, 0.2) is 11.1 Å². The van der Waals surface area contributed by atoms with Crippen LogP contribution < -0.4 is 0 Å². The summed E-state index contributed by atoms with van der Waals surface area (Å²) in [4.78, 5) is 11.5. The summed E-state index contributed by atoms with van der Waals surface area (Å²) in [5, 5.41) is 70.3. The predicted molar refractivity (Wildman–Crippen MR) is 113 cm³/mol. The van der Waals surface area contributed by atoms with E-state index in [0.29, 0.717) is 18.4 Å². The molecular formula is C22H36O12. The van der Waals surface area contributed by atoms with E-state index in [2.05, 4.69) is 0 Å². The fraction of sp³-hybridized carbons (Fsp3) is 0.864. The van der Waals surface area contributed by atoms with Crippen LogP contribution >= 0.6 is 0 Å². The number of allylic oxidation sites excluding steroid dienone is 1. The lowest BCUT2D eigenvalue weighted by Crippen LogP contribution is -2.62. The van der Waals surface area contributed by atoms with Crippen LogP contribution in [0.3, 0.4) is 0 Å². The van der Waals surface area contributed by atoms with Crippen LogP contribution in [0.25, 0.3) is 0 Å². The van der Waals surface area contributed by atoms with E-state index in [0.717, 1.165) is 11.9 Å². The largest absolute Gasteiger partial charge is 0.394 e. The summed E-state index contributed by atoms with van der Waals surface area (Å²) in [6, 6.07) is 0. The average molecular weight is 493 g/mol. The Hall–Kier alpha value is -1.03. The number of hydrogen-bond acceptors (Lipinski definition) is 12. The molecule has 0 bridgehead atoms. The minimum atomic E-state index is -1.65. The van der Waals surface area contributed by atoms with Crippen molar-refractivity contribution in [2.75, 3.05) is 13.2 Å². The van der Waals surface area contributed by atoms with Crippen molar-refractivity contribution in [2.24, 2.45) is 5.41 Å². The second kappa shape index (κ2) is 10.9. The highest BCUT2D eigenvalue weighted by Gasteiger charge is 2.48. The van der Waals surface area contributed by atoms with E-state index in [-0.39, 0.29) is 0 Å². The van der Waals surface area contributed by atoms with Crippen LogP contribution in [0.4, 0.5) is 0 Å². The van der Waals surface area contributed by atoms with E-state index in [1.807, 2.05) is 20.8 Å². The summed E-state index contributed by atoms with van der Waals surface area (Å²) in [5.74, 6) is 0. The van der Waals surface area contributed by atoms with Gasteiger partial charge in [-0.05, 0) is 30.8 Å². The molecule has 0 spiro atoms. The Kier molecular flexibility index (Phi) is 8.86. The number of carbonyl (C=O) groups excluding carboxylic acids is 1. The highest BCUT2D eigenvalue weighted by molar-refractivity contribution is 5.77. The summed E-state index contributed by atoms with van der Waals surface area (Å²) in [7, 11) is 0. The summed E-state index contributed by atoms with van der Waals surface area (Å²) in [5.41, 5.74) is 1.08. The second-order valence-corrected chi connectivity index (χ2v) is 9.91. The van der Waals surface area contributed by atoms with E-state index in [1.54, 1.807) is 0 Å². The van der Waals surface area contributed by atoms with Gasteiger partial charge in [-0.1, -0.05) is 19.4 Å². The molecular weight excluding hydrogens is 456 g/mol. The Labute approximate surface area is 197 Å². The van der Waals surface area contributed by atoms with Gasteiger partial charge in [-0.3, -0.25) is 4.79 Å². The van der Waals surface area contributed by atoms with Gasteiger partial charge in [-0.25, -0.2) is 0 Å². The van der Waals surface area contributed by atoms with E-state index in [9.17, 15) is 40.5 Å². The molecule has 0 aromatic carbocycles. The summed E-state index contributed by atoms with van der Waals surface area (Å²) < 4.78 is 22.3. The molecule has 2 heterocycles. The third-order valence-electron chi connectivity index (χ3n) is 6.85. The maximum atomic E-state index is 11.5. The van der Waals surface area contributed by atoms with E-state index >= 15 is 0 Å². The molecule has 3 aliphatic rings. The first-order chi connectivity index (χ1) is 15.9. The SMILES string of the molecule is CC1=C(C=O)C(C)(C)CC(O[C@@H]2O[C@H](CO[C@@H]3O[C@H](CO)[C@@H](O)[C@H](O)[C@H]3O)[C@@H](O)[C@H](O)[C@H]2O)C1. The smallest absolute Gasteiger partial charge is 0.186 e. The molecule has 2 aliphatic heterocycles. The van der Waals surface area contributed by atoms with Crippen LogP contribution in [0.1, 0.15) is 33.6 Å². The lowest BCUT2D eigenvalue weighted by Gasteiger charge is -2.44. The monoisotopic (exact) mass is 492 g/mol. The molecule has 0 saturated carbocycles. The van der Waals surface area contributed by atoms with Crippen molar-refractivity contribution in [3.8, 4) is 0 Å². The molecule has 0 radical (unpaired) electrons. The van der Waals surface area contributed by atoms with Gasteiger partial charge in [0.2, 0.25) is 0 Å². The topological polar surface area (TPSA) is 196 Å². The zero-order valence-corrected chi connectivity index (χ0v) is 19.4. The van der Waals surface area contributed by atoms with Crippen LogP contribution in [0.2, 0.25) is 0 Å². The zero-order chi connectivity index (χ0) is 25.4. The van der Waals surface area contributed by atoms with Crippen LogP contribution in [0, 0.1) is 5.41 Å². The van der Waals surface area contributed by atoms with Crippen LogP contribution in [0.5, 0.6) is 0 Å². The first kappa shape index (κ1) is 27.6. The maximum Gasteiger partial charge on any atom is 0.186 e. The molecule has 0 aromatic heterocycles. The van der Waals surface area contributed by atoms with Gasteiger partial charge in [-0.2, -0.15) is 0 Å². The highest BCUT2D eigenvalue weighted by Crippen LogP contribution is 2.41. The minimum absolute atomic E-state index is 0.423. The fourth-order valence-corrected chi connectivity index (χ4v) is 4.89. The van der Waals surface area contributed by atoms with Gasteiger partial charge >= 0.3 is 0 Å². The number of ether oxygens (including phenoxy) is 4. The molecule has 11 atom stereocenters. The molecule has 12 heteroatoms. The standard InChI is InChI=1S/C22H36O12/c1-9-4-10(5-22(2,3)11(9)6-23)32-21-19(30)17(28)15(26)13(34-21)8-31-20-18(29)16(27)14(25)12(7-24)33-20/h6,10,12-21,24-30H,4-5,7-8H2,1-3H3/t10?,12-,13-,14-,15-,16+,17+,18-,19-,20-,21-/m1/s1. The van der Waals surface area contributed by atoms with Gasteiger partial charge in [0, 0.05) is 0 Å². The zero-order valence-electron chi connectivity index (χ0n) is 19.4. The Balaban J connectivity index is 1.65. The second-order valence-electron chi connectivity index (χ2n) is 9.91. The lowest BCUT2D eigenvalue weighted by atomic mass is 9.72. The van der Waals surface area contributed by atoms with Crippen LogP contribution in [-0.4, -0.2) is 123 Å². The Bertz CT molecular complexity index is 739. The molecule has 2 saturated heterocycles. The van der Waals surface area contributed by atoms with Crippen molar-refractivity contribution in [3.63, 3.8) is 0 Å². The van der Waals surface area contributed by atoms with Gasteiger partial charge in [0.25, 0.3) is 0 Å². The molecule has 196 valence electrons. The Morgan fingerprint density at radius 1 is 0.912 bits per heavy atom. The third-order valence-corrected chi connectivity index (χ3v) is 6.85. The third kappa shape index (κ3) is 5.52. The molecule has 12 nitrogen and oxygen atoms in total. The number of hydrogen-bond donors (Lipinski definition) is 7. The van der Waals surface area contributed by atoms with Crippen molar-refractivity contribution in [1.82, 2.24) is 0 Å². The summed E-state index contributed by atoms with van der Waals surface area (Å²) >= 11 is 0. The van der Waals surface area contributed by atoms with Crippen molar-refractivity contribution in [3.05, 3.63) is 11.1 Å². The molecule has 7 N–H and O–H groups in total. The van der Waals surface area contributed by atoms with E-state index in [1.165, 1.54) is 0 Å². The fourth-order valence-electron chi connectivity index (χ4n) is 4.89. The first-order valence-corrected chi connectivity index (χ1v) is 11.3. The van der Waals surface area contributed by atoms with Gasteiger partial charge < -0.3 is 54.7 Å². The van der Waals surface area contributed by atoms with Crippen LogP contribution in [-0.2, 0) is 23.7 Å². The predicted octanol–water partition coefficient (Wildman–Crippen LogP) is -2.67. The van der Waals surface area contributed by atoms with Crippen molar-refractivity contribution >= 4 is 6.29 Å². The number of aliphatic hydroxyl groups excluding tert-OH is 7. The molecule has 1 unspecified atom stereocenters. The van der Waals surface area contributed by atoms with Gasteiger partial charge in [0.15, 0.2) is 12.6 Å². The van der Waals surface area contributed by atoms with Gasteiger partial charge in [0.1, 0.15) is 55.1 Å². The van der Waals surface area contributed by atoms with E-state index in [4.69, 9.17) is 18.9 Å². The van der Waals surface area contributed by atoms with E-state index < -0.39 is 86.1 Å². The Morgan fingerprint density at radius 3 is 2.03 bits per heavy atom. The highest BCUT2D eigenvalue weighted by atomic mass is 16.7. The number of carbonyl (C=O) groups is 1. The van der Waals surface area contributed by atoms with Gasteiger partial charge in [-0.15, -0.1) is 0 Å². The molecule has 1 aliphatic carbocycles. The molecule has 34 heavy (non-hydrogen) atoms. The molecule has 3 rings (SSSR count). The molecule has 0 aromatic rings. The van der Waals surface area contributed by atoms with Crippen molar-refractivity contribution in [2.45, 2.75) is 101 Å². The summed E-state index contributed by atoms with van der Waals surface area (Å²) in [6.45, 7) is 4.58. The minimum Gasteiger partial charge on any atom is -0.394 e. The van der Waals surface area contributed by atoms with Gasteiger partial charge in [0.05, 0.1) is 19.3 Å².